The number of ether oxygens (including phenoxy) is 1. The van der Waals surface area contributed by atoms with Crippen molar-refractivity contribution in [1.82, 2.24) is 0 Å². The molecule has 2 aromatic carbocycles. The molecule has 0 saturated heterocycles. The summed E-state index contributed by atoms with van der Waals surface area (Å²) in [5.41, 5.74) is 2.58. The average molecular weight is 329 g/mol. The number of hydrogen-bond acceptors (Lipinski definition) is 4. The van der Waals surface area contributed by atoms with Crippen LogP contribution in [0.25, 0.3) is 0 Å². The predicted molar refractivity (Wildman–Crippen MR) is 86.0 cm³/mol. The lowest BCUT2D eigenvalue weighted by molar-refractivity contribution is -0.385. The summed E-state index contributed by atoms with van der Waals surface area (Å²) < 4.78 is 18.5. The fraction of sp³-hybridized carbons (Fsp3) is 0.278. The van der Waals surface area contributed by atoms with Crippen molar-refractivity contribution >= 4 is 11.5 Å². The van der Waals surface area contributed by atoms with Gasteiger partial charge in [-0.05, 0) is 48.9 Å². The van der Waals surface area contributed by atoms with Gasteiger partial charge in [0.15, 0.2) is 18.1 Å². The second-order valence-corrected chi connectivity index (χ2v) is 5.77. The molecule has 124 valence electrons. The number of nitrogens with zero attached hydrogens (tertiary/aromatic N) is 1. The Bertz CT molecular complexity index is 804. The number of carbonyl (C=O) groups is 1. The van der Waals surface area contributed by atoms with E-state index in [1.54, 1.807) is 6.07 Å². The van der Waals surface area contributed by atoms with E-state index in [-0.39, 0.29) is 23.8 Å². The minimum atomic E-state index is -0.669. The molecule has 0 atom stereocenters. The molecule has 0 spiro atoms. The second-order valence-electron chi connectivity index (χ2n) is 5.77. The Hall–Kier alpha value is -2.76. The summed E-state index contributed by atoms with van der Waals surface area (Å²) in [6, 6.07) is 8.48. The molecule has 5 nitrogen and oxygen atoms in total. The van der Waals surface area contributed by atoms with Crippen molar-refractivity contribution in [3.8, 4) is 5.75 Å². The van der Waals surface area contributed by atoms with Crippen molar-refractivity contribution < 1.29 is 18.8 Å². The maximum atomic E-state index is 13.3. The average Bonchev–Trinajstić information content (AvgIpc) is 2.59. The molecule has 0 N–H and O–H groups in total. The van der Waals surface area contributed by atoms with Gasteiger partial charge in [-0.3, -0.25) is 14.9 Å². The highest BCUT2D eigenvalue weighted by atomic mass is 19.1. The van der Waals surface area contributed by atoms with Crippen LogP contribution in [-0.4, -0.2) is 17.3 Å². The summed E-state index contributed by atoms with van der Waals surface area (Å²) in [4.78, 5) is 22.5. The number of benzene rings is 2. The van der Waals surface area contributed by atoms with E-state index in [0.717, 1.165) is 43.9 Å². The van der Waals surface area contributed by atoms with E-state index in [0.29, 0.717) is 5.56 Å². The Morgan fingerprint density at radius 2 is 1.88 bits per heavy atom. The first-order chi connectivity index (χ1) is 11.5. The molecule has 6 heteroatoms. The van der Waals surface area contributed by atoms with Crippen LogP contribution in [0.3, 0.4) is 0 Å². The summed E-state index contributed by atoms with van der Waals surface area (Å²) >= 11 is 0. The van der Waals surface area contributed by atoms with E-state index in [1.807, 2.05) is 12.1 Å². The number of nitro benzene ring substituents is 1. The van der Waals surface area contributed by atoms with Crippen LogP contribution in [0, 0.1) is 15.9 Å². The van der Waals surface area contributed by atoms with Crippen LogP contribution in [0.5, 0.6) is 5.75 Å². The van der Waals surface area contributed by atoms with Gasteiger partial charge in [-0.1, -0.05) is 12.1 Å². The SMILES string of the molecule is O=C(COc1cc(F)ccc1[N+](=O)[O-])c1ccc2c(c1)CCCC2. The van der Waals surface area contributed by atoms with Crippen LogP contribution in [0.4, 0.5) is 10.1 Å². The van der Waals surface area contributed by atoms with Crippen LogP contribution in [0.2, 0.25) is 0 Å². The number of ketones is 1. The van der Waals surface area contributed by atoms with Crippen LogP contribution in [0.15, 0.2) is 36.4 Å². The maximum Gasteiger partial charge on any atom is 0.311 e. The smallest absolute Gasteiger partial charge is 0.311 e. The zero-order valence-electron chi connectivity index (χ0n) is 13.0. The Labute approximate surface area is 138 Å². The minimum Gasteiger partial charge on any atom is -0.478 e. The molecular weight excluding hydrogens is 313 g/mol. The van der Waals surface area contributed by atoms with Crippen LogP contribution < -0.4 is 4.74 Å². The second kappa shape index (κ2) is 6.78. The van der Waals surface area contributed by atoms with Gasteiger partial charge in [-0.25, -0.2) is 4.39 Å². The summed E-state index contributed by atoms with van der Waals surface area (Å²) in [5.74, 6) is -1.19. The van der Waals surface area contributed by atoms with Crippen molar-refractivity contribution in [1.29, 1.82) is 0 Å². The lowest BCUT2D eigenvalue weighted by atomic mass is 9.90. The Kier molecular flexibility index (Phi) is 4.55. The van der Waals surface area contributed by atoms with Crippen molar-refractivity contribution in [3.05, 3.63) is 69.0 Å². The lowest BCUT2D eigenvalue weighted by Crippen LogP contribution is -2.14. The molecule has 0 heterocycles. The molecule has 0 aliphatic heterocycles. The monoisotopic (exact) mass is 329 g/mol. The van der Waals surface area contributed by atoms with Gasteiger partial charge in [0.05, 0.1) is 4.92 Å². The molecule has 3 rings (SSSR count). The maximum absolute atomic E-state index is 13.3. The first kappa shape index (κ1) is 16.1. The van der Waals surface area contributed by atoms with Gasteiger partial charge in [-0.15, -0.1) is 0 Å². The molecule has 0 aromatic heterocycles. The molecule has 0 bridgehead atoms. The summed E-state index contributed by atoms with van der Waals surface area (Å²) in [7, 11) is 0. The third-order valence-electron chi connectivity index (χ3n) is 4.15. The topological polar surface area (TPSA) is 69.4 Å². The summed E-state index contributed by atoms with van der Waals surface area (Å²) in [6.07, 6.45) is 4.24. The van der Waals surface area contributed by atoms with Gasteiger partial charge < -0.3 is 4.74 Å². The molecule has 1 aliphatic carbocycles. The number of Topliss-reactive ketones (excluding diaryl/α,β-unsaturated/α-hetero) is 1. The fourth-order valence-corrected chi connectivity index (χ4v) is 2.89. The summed E-state index contributed by atoms with van der Waals surface area (Å²) in [5, 5.41) is 10.9. The molecule has 2 aromatic rings. The molecule has 24 heavy (non-hydrogen) atoms. The van der Waals surface area contributed by atoms with Gasteiger partial charge in [0, 0.05) is 17.7 Å². The number of hydrogen-bond donors (Lipinski definition) is 0. The van der Waals surface area contributed by atoms with Crippen molar-refractivity contribution in [2.24, 2.45) is 0 Å². The van der Waals surface area contributed by atoms with Crippen LogP contribution in [-0.2, 0) is 12.8 Å². The summed E-state index contributed by atoms with van der Waals surface area (Å²) in [6.45, 7) is -0.372. The number of halogens is 1. The lowest BCUT2D eigenvalue weighted by Gasteiger charge is -2.16. The zero-order chi connectivity index (χ0) is 17.1. The highest BCUT2D eigenvalue weighted by Gasteiger charge is 2.18. The van der Waals surface area contributed by atoms with Gasteiger partial charge >= 0.3 is 5.69 Å². The first-order valence-corrected chi connectivity index (χ1v) is 7.76. The van der Waals surface area contributed by atoms with E-state index in [1.165, 1.54) is 11.1 Å². The first-order valence-electron chi connectivity index (χ1n) is 7.76. The molecule has 0 amide bonds. The molecule has 0 unspecified atom stereocenters. The van der Waals surface area contributed by atoms with E-state index < -0.39 is 10.7 Å². The highest BCUT2D eigenvalue weighted by molar-refractivity contribution is 5.97. The number of aryl methyl sites for hydroxylation is 2. The minimum absolute atomic E-state index is 0.244. The van der Waals surface area contributed by atoms with E-state index in [9.17, 15) is 19.3 Å². The molecule has 0 radical (unpaired) electrons. The number of carbonyl (C=O) groups excluding carboxylic acids is 1. The third kappa shape index (κ3) is 3.42. The predicted octanol–water partition coefficient (Wildman–Crippen LogP) is 3.87. The normalized spacial score (nSPS) is 13.2. The van der Waals surface area contributed by atoms with Crippen LogP contribution in [0.1, 0.15) is 34.3 Å². The van der Waals surface area contributed by atoms with Gasteiger partial charge in [-0.2, -0.15) is 0 Å². The molecule has 0 fully saturated rings. The van der Waals surface area contributed by atoms with E-state index in [2.05, 4.69) is 0 Å². The van der Waals surface area contributed by atoms with E-state index >= 15 is 0 Å². The number of fused-ring (bicyclic) bond motifs is 1. The molecule has 0 saturated carbocycles. The Morgan fingerprint density at radius 1 is 1.12 bits per heavy atom. The van der Waals surface area contributed by atoms with E-state index in [4.69, 9.17) is 4.74 Å². The van der Waals surface area contributed by atoms with Crippen LogP contribution >= 0.6 is 0 Å². The standard InChI is InChI=1S/C18H16FNO4/c19-15-7-8-16(20(22)23)18(10-15)24-11-17(21)14-6-5-12-3-1-2-4-13(12)9-14/h5-10H,1-4,11H2. The molecular formula is C18H16FNO4. The molecule has 1 aliphatic rings. The van der Waals surface area contributed by atoms with Crippen molar-refractivity contribution in [2.45, 2.75) is 25.7 Å². The highest BCUT2D eigenvalue weighted by Crippen LogP contribution is 2.28. The Balaban J connectivity index is 1.74. The largest absolute Gasteiger partial charge is 0.478 e. The number of nitro groups is 1. The zero-order valence-corrected chi connectivity index (χ0v) is 13.0. The fourth-order valence-electron chi connectivity index (χ4n) is 2.89. The van der Waals surface area contributed by atoms with Crippen molar-refractivity contribution in [3.63, 3.8) is 0 Å². The quantitative estimate of drug-likeness (QED) is 0.474. The van der Waals surface area contributed by atoms with Gasteiger partial charge in [0.1, 0.15) is 5.82 Å². The number of rotatable bonds is 5. The third-order valence-corrected chi connectivity index (χ3v) is 4.15. The van der Waals surface area contributed by atoms with Gasteiger partial charge in [0.2, 0.25) is 0 Å². The Morgan fingerprint density at radius 3 is 2.62 bits per heavy atom. The van der Waals surface area contributed by atoms with Gasteiger partial charge in [0.25, 0.3) is 0 Å². The van der Waals surface area contributed by atoms with Crippen molar-refractivity contribution in [2.75, 3.05) is 6.61 Å².